The number of hydrogen-bond acceptors (Lipinski definition) is 3. The Morgan fingerprint density at radius 1 is 0.676 bits per heavy atom. The van der Waals surface area contributed by atoms with Crippen molar-refractivity contribution < 1.29 is 14.7 Å². The first-order valence-corrected chi connectivity index (χ1v) is 12.1. The molecule has 2 heterocycles. The predicted molar refractivity (Wildman–Crippen MR) is 146 cm³/mol. The fraction of sp³-hybridized carbons (Fsp3) is 0.0303. The monoisotopic (exact) mass is 481 g/mol. The topological polar surface area (TPSA) is 58.8 Å². The number of pyridine rings is 1. The van der Waals surface area contributed by atoms with Gasteiger partial charge in [0, 0.05) is 22.7 Å². The highest BCUT2D eigenvalue weighted by atomic mass is 16.3. The van der Waals surface area contributed by atoms with Crippen LogP contribution in [0.2, 0.25) is 0 Å². The second kappa shape index (κ2) is 8.92. The van der Waals surface area contributed by atoms with Crippen molar-refractivity contribution >= 4 is 27.9 Å². The molecule has 0 atom stereocenters. The largest absolute Gasteiger partial charge is 0.507 e. The van der Waals surface area contributed by atoms with E-state index in [9.17, 15) is 14.7 Å². The van der Waals surface area contributed by atoms with Crippen LogP contribution < -0.4 is 0 Å². The number of fused-ring (bicyclic) bond motifs is 3. The summed E-state index contributed by atoms with van der Waals surface area (Å²) in [6.45, 7) is 1.87. The number of rotatable bonds is 5. The SMILES string of the molecule is Cc1ccc(O)c(C(=O)c2cc(C(=O)c3ccc(-c4ccccc4)cc3)n3ccc4ccccc4c23)c1. The summed E-state index contributed by atoms with van der Waals surface area (Å²) in [6, 6.07) is 33.8. The molecule has 6 aromatic rings. The minimum Gasteiger partial charge on any atom is -0.507 e. The number of hydrogen-bond donors (Lipinski definition) is 1. The molecule has 0 bridgehead atoms. The minimum absolute atomic E-state index is 0.0837. The van der Waals surface area contributed by atoms with Crippen LogP contribution in [0, 0.1) is 6.92 Å². The van der Waals surface area contributed by atoms with Gasteiger partial charge in [-0.15, -0.1) is 0 Å². The first kappa shape index (κ1) is 22.5. The van der Waals surface area contributed by atoms with E-state index >= 15 is 0 Å². The number of phenolic OH excluding ortho intramolecular Hbond substituents is 1. The maximum absolute atomic E-state index is 13.8. The molecule has 0 aliphatic heterocycles. The van der Waals surface area contributed by atoms with Crippen molar-refractivity contribution in [3.8, 4) is 16.9 Å². The molecule has 2 aromatic heterocycles. The Kier molecular flexibility index (Phi) is 5.42. The highest BCUT2D eigenvalue weighted by molar-refractivity contribution is 6.21. The van der Waals surface area contributed by atoms with Gasteiger partial charge in [0.15, 0.2) is 5.78 Å². The minimum atomic E-state index is -0.325. The molecule has 0 unspecified atom stereocenters. The van der Waals surface area contributed by atoms with Crippen LogP contribution in [0.4, 0.5) is 0 Å². The lowest BCUT2D eigenvalue weighted by Crippen LogP contribution is -2.05. The van der Waals surface area contributed by atoms with E-state index in [0.29, 0.717) is 22.3 Å². The molecule has 0 radical (unpaired) electrons. The number of phenols is 1. The van der Waals surface area contributed by atoms with Gasteiger partial charge in [-0.3, -0.25) is 9.59 Å². The molecule has 0 aliphatic carbocycles. The normalized spacial score (nSPS) is 11.2. The zero-order valence-corrected chi connectivity index (χ0v) is 20.2. The molecule has 6 rings (SSSR count). The molecule has 4 heteroatoms. The number of ketones is 2. The average Bonchev–Trinajstić information content (AvgIpc) is 3.34. The van der Waals surface area contributed by atoms with Gasteiger partial charge in [0.05, 0.1) is 16.8 Å². The van der Waals surface area contributed by atoms with Gasteiger partial charge >= 0.3 is 0 Å². The average molecular weight is 482 g/mol. The molecule has 0 saturated heterocycles. The van der Waals surface area contributed by atoms with Crippen LogP contribution in [0.25, 0.3) is 27.4 Å². The summed E-state index contributed by atoms with van der Waals surface area (Å²) in [4.78, 5) is 27.5. The van der Waals surface area contributed by atoms with Crippen LogP contribution in [0.15, 0.2) is 115 Å². The third kappa shape index (κ3) is 3.89. The third-order valence-corrected chi connectivity index (χ3v) is 6.78. The lowest BCUT2D eigenvalue weighted by atomic mass is 9.99. The molecule has 0 fully saturated rings. The lowest BCUT2D eigenvalue weighted by Gasteiger charge is -2.08. The number of aryl methyl sites for hydroxylation is 1. The Bertz CT molecular complexity index is 1810. The zero-order chi connectivity index (χ0) is 25.5. The summed E-state index contributed by atoms with van der Waals surface area (Å²) in [7, 11) is 0. The number of aromatic nitrogens is 1. The van der Waals surface area contributed by atoms with Crippen molar-refractivity contribution in [2.45, 2.75) is 6.92 Å². The van der Waals surface area contributed by atoms with E-state index in [4.69, 9.17) is 0 Å². The molecular weight excluding hydrogens is 458 g/mol. The fourth-order valence-corrected chi connectivity index (χ4v) is 4.88. The molecule has 4 nitrogen and oxygen atoms in total. The number of benzene rings is 4. The van der Waals surface area contributed by atoms with E-state index in [-0.39, 0.29) is 22.9 Å². The molecule has 0 amide bonds. The summed E-state index contributed by atoms with van der Waals surface area (Å²) in [5.74, 6) is -0.592. The van der Waals surface area contributed by atoms with E-state index in [1.807, 2.05) is 98.0 Å². The number of carbonyl (C=O) groups excluding carboxylic acids is 2. The van der Waals surface area contributed by atoms with Crippen molar-refractivity contribution in [3.05, 3.63) is 143 Å². The van der Waals surface area contributed by atoms with Crippen molar-refractivity contribution in [3.63, 3.8) is 0 Å². The highest BCUT2D eigenvalue weighted by Crippen LogP contribution is 2.31. The van der Waals surface area contributed by atoms with Crippen LogP contribution in [0.5, 0.6) is 5.75 Å². The maximum atomic E-state index is 13.8. The third-order valence-electron chi connectivity index (χ3n) is 6.78. The quantitative estimate of drug-likeness (QED) is 0.264. The van der Waals surface area contributed by atoms with E-state index in [0.717, 1.165) is 27.5 Å². The Labute approximate surface area is 214 Å². The van der Waals surface area contributed by atoms with Crippen molar-refractivity contribution in [2.24, 2.45) is 0 Å². The molecule has 37 heavy (non-hydrogen) atoms. The Balaban J connectivity index is 1.51. The molecule has 178 valence electrons. The van der Waals surface area contributed by atoms with Crippen LogP contribution in [0.1, 0.15) is 37.5 Å². The zero-order valence-electron chi connectivity index (χ0n) is 20.2. The van der Waals surface area contributed by atoms with Crippen LogP contribution >= 0.6 is 0 Å². The second-order valence-corrected chi connectivity index (χ2v) is 9.19. The van der Waals surface area contributed by atoms with Gasteiger partial charge in [0.1, 0.15) is 5.75 Å². The van der Waals surface area contributed by atoms with Crippen LogP contribution in [0.3, 0.4) is 0 Å². The maximum Gasteiger partial charge on any atom is 0.209 e. The van der Waals surface area contributed by atoms with Crippen molar-refractivity contribution in [2.75, 3.05) is 0 Å². The van der Waals surface area contributed by atoms with Gasteiger partial charge in [-0.25, -0.2) is 0 Å². The van der Waals surface area contributed by atoms with Gasteiger partial charge in [-0.2, -0.15) is 0 Å². The first-order valence-electron chi connectivity index (χ1n) is 12.1. The first-order chi connectivity index (χ1) is 18.0. The lowest BCUT2D eigenvalue weighted by molar-refractivity contribution is 0.103. The summed E-state index contributed by atoms with van der Waals surface area (Å²) in [5, 5.41) is 12.3. The fourth-order valence-electron chi connectivity index (χ4n) is 4.88. The standard InChI is InChI=1S/C33H23NO3/c1-21-11-16-30(35)27(19-21)33(37)28-20-29(34-18-17-24-9-5-6-10-26(24)31(28)34)32(36)25-14-12-23(13-15-25)22-7-3-2-4-8-22/h2-20,35H,1H3. The Morgan fingerprint density at radius 3 is 2.16 bits per heavy atom. The number of carbonyl (C=O) groups is 2. The molecule has 1 N–H and O–H groups in total. The molecule has 0 aliphatic rings. The van der Waals surface area contributed by atoms with Gasteiger partial charge in [0.2, 0.25) is 5.78 Å². The van der Waals surface area contributed by atoms with Gasteiger partial charge in [-0.1, -0.05) is 90.5 Å². The van der Waals surface area contributed by atoms with Gasteiger partial charge in [-0.05, 0) is 47.7 Å². The van der Waals surface area contributed by atoms with E-state index in [1.54, 1.807) is 22.6 Å². The summed E-state index contributed by atoms with van der Waals surface area (Å²) >= 11 is 0. The Hall–Kier alpha value is -4.96. The molecular formula is C33H23NO3. The highest BCUT2D eigenvalue weighted by Gasteiger charge is 2.24. The Morgan fingerprint density at radius 2 is 1.38 bits per heavy atom. The van der Waals surface area contributed by atoms with E-state index < -0.39 is 0 Å². The molecule has 0 saturated carbocycles. The van der Waals surface area contributed by atoms with Crippen molar-refractivity contribution in [1.29, 1.82) is 0 Å². The predicted octanol–water partition coefficient (Wildman–Crippen LogP) is 7.24. The number of nitrogens with zero attached hydrogens (tertiary/aromatic N) is 1. The summed E-state index contributed by atoms with van der Waals surface area (Å²) < 4.78 is 1.79. The van der Waals surface area contributed by atoms with Gasteiger partial charge in [0.25, 0.3) is 0 Å². The molecule has 4 aromatic carbocycles. The van der Waals surface area contributed by atoms with Gasteiger partial charge < -0.3 is 9.51 Å². The smallest absolute Gasteiger partial charge is 0.209 e. The summed E-state index contributed by atoms with van der Waals surface area (Å²) in [6.07, 6.45) is 1.83. The van der Waals surface area contributed by atoms with Crippen molar-refractivity contribution in [1.82, 2.24) is 4.40 Å². The molecule has 0 spiro atoms. The second-order valence-electron chi connectivity index (χ2n) is 9.19. The summed E-state index contributed by atoms with van der Waals surface area (Å²) in [5.41, 5.74) is 5.13. The van der Waals surface area contributed by atoms with Crippen LogP contribution in [-0.4, -0.2) is 21.1 Å². The number of aromatic hydroxyl groups is 1. The van der Waals surface area contributed by atoms with E-state index in [2.05, 4.69) is 0 Å². The van der Waals surface area contributed by atoms with E-state index in [1.165, 1.54) is 6.07 Å². The van der Waals surface area contributed by atoms with Crippen LogP contribution in [-0.2, 0) is 0 Å².